The highest BCUT2D eigenvalue weighted by atomic mass is 19.4. The zero-order chi connectivity index (χ0) is 18.2. The molecule has 0 N–H and O–H groups in total. The topological polar surface area (TPSA) is 52.8 Å². The lowest BCUT2D eigenvalue weighted by molar-refractivity contribution is -0.274. The number of pyridine rings is 1. The fraction of sp³-hybridized carbons (Fsp3) is 0.267. The van der Waals surface area contributed by atoms with Gasteiger partial charge in [0.1, 0.15) is 17.8 Å². The van der Waals surface area contributed by atoms with E-state index in [0.29, 0.717) is 16.6 Å². The first-order valence-corrected chi connectivity index (χ1v) is 7.04. The first kappa shape index (κ1) is 17.1. The first-order valence-electron chi connectivity index (χ1n) is 7.04. The SMILES string of the molecule is CC(F)(F)Cn1nnc2ncc(-c3ccc(OC(F)(F)F)cc3)cc21. The fourth-order valence-corrected chi connectivity index (χ4v) is 2.24. The van der Waals surface area contributed by atoms with Gasteiger partial charge in [-0.15, -0.1) is 18.3 Å². The van der Waals surface area contributed by atoms with E-state index in [1.165, 1.54) is 18.3 Å². The molecule has 2 aromatic heterocycles. The Kier molecular flexibility index (Phi) is 4.05. The molecule has 0 bridgehead atoms. The van der Waals surface area contributed by atoms with Gasteiger partial charge in [-0.2, -0.15) is 0 Å². The van der Waals surface area contributed by atoms with Gasteiger partial charge in [0.25, 0.3) is 5.92 Å². The van der Waals surface area contributed by atoms with Gasteiger partial charge in [-0.3, -0.25) is 0 Å². The van der Waals surface area contributed by atoms with E-state index in [1.54, 1.807) is 6.07 Å². The monoisotopic (exact) mass is 358 g/mol. The number of halogens is 5. The molecule has 0 fully saturated rings. The Bertz CT molecular complexity index is 884. The zero-order valence-corrected chi connectivity index (χ0v) is 12.8. The van der Waals surface area contributed by atoms with E-state index in [2.05, 4.69) is 20.0 Å². The van der Waals surface area contributed by atoms with Gasteiger partial charge in [0.05, 0.1) is 0 Å². The van der Waals surface area contributed by atoms with E-state index in [1.807, 2.05) is 0 Å². The molecular weight excluding hydrogens is 347 g/mol. The second kappa shape index (κ2) is 5.94. The largest absolute Gasteiger partial charge is 0.573 e. The average molecular weight is 358 g/mol. The van der Waals surface area contributed by atoms with Gasteiger partial charge in [-0.25, -0.2) is 18.4 Å². The van der Waals surface area contributed by atoms with Crippen LogP contribution < -0.4 is 4.74 Å². The molecule has 1 aromatic carbocycles. The van der Waals surface area contributed by atoms with Crippen LogP contribution >= 0.6 is 0 Å². The molecule has 132 valence electrons. The number of nitrogens with zero attached hydrogens (tertiary/aromatic N) is 4. The standard InChI is InChI=1S/C15H11F5N4O/c1-14(16,17)8-24-12-6-10(7-21-13(12)22-23-24)9-2-4-11(5-3-9)25-15(18,19)20/h2-7H,8H2,1H3. The van der Waals surface area contributed by atoms with Gasteiger partial charge in [-0.05, 0) is 23.8 Å². The van der Waals surface area contributed by atoms with Crippen molar-refractivity contribution < 1.29 is 26.7 Å². The molecule has 25 heavy (non-hydrogen) atoms. The molecule has 10 heteroatoms. The Morgan fingerprint density at radius 3 is 2.32 bits per heavy atom. The number of fused-ring (bicyclic) bond motifs is 1. The van der Waals surface area contributed by atoms with Crippen molar-refractivity contribution in [3.05, 3.63) is 36.5 Å². The van der Waals surface area contributed by atoms with Crippen molar-refractivity contribution >= 4 is 11.2 Å². The number of ether oxygens (including phenoxy) is 1. The average Bonchev–Trinajstić information content (AvgIpc) is 2.87. The van der Waals surface area contributed by atoms with Gasteiger partial charge in [0.2, 0.25) is 5.65 Å². The van der Waals surface area contributed by atoms with Gasteiger partial charge in [-0.1, -0.05) is 17.3 Å². The van der Waals surface area contributed by atoms with Gasteiger partial charge < -0.3 is 4.74 Å². The molecule has 0 amide bonds. The Labute approximate surface area is 138 Å². The summed E-state index contributed by atoms with van der Waals surface area (Å²) in [5.41, 5.74) is 1.56. The Morgan fingerprint density at radius 2 is 1.72 bits per heavy atom. The molecular formula is C15H11F5N4O. The second-order valence-corrected chi connectivity index (χ2v) is 5.46. The fourth-order valence-electron chi connectivity index (χ4n) is 2.24. The van der Waals surface area contributed by atoms with Crippen LogP contribution in [-0.2, 0) is 6.54 Å². The second-order valence-electron chi connectivity index (χ2n) is 5.46. The van der Waals surface area contributed by atoms with Crippen molar-refractivity contribution in [2.45, 2.75) is 25.8 Å². The number of aromatic nitrogens is 4. The molecule has 0 radical (unpaired) electrons. The van der Waals surface area contributed by atoms with Crippen LogP contribution in [0.25, 0.3) is 22.3 Å². The molecule has 0 aliphatic heterocycles. The molecule has 0 aliphatic carbocycles. The van der Waals surface area contributed by atoms with Gasteiger partial charge in [0.15, 0.2) is 0 Å². The Hall–Kier alpha value is -2.78. The van der Waals surface area contributed by atoms with Crippen molar-refractivity contribution in [1.82, 2.24) is 20.0 Å². The molecule has 0 atom stereocenters. The van der Waals surface area contributed by atoms with Crippen LogP contribution in [0.3, 0.4) is 0 Å². The molecule has 3 aromatic rings. The maximum absolute atomic E-state index is 13.2. The number of alkyl halides is 5. The lowest BCUT2D eigenvalue weighted by Crippen LogP contribution is -2.20. The third kappa shape index (κ3) is 4.20. The van der Waals surface area contributed by atoms with E-state index in [0.717, 1.165) is 23.7 Å². The summed E-state index contributed by atoms with van der Waals surface area (Å²) >= 11 is 0. The minimum Gasteiger partial charge on any atom is -0.406 e. The van der Waals surface area contributed by atoms with Crippen LogP contribution in [0.4, 0.5) is 22.0 Å². The quantitative estimate of drug-likeness (QED) is 0.661. The lowest BCUT2D eigenvalue weighted by atomic mass is 10.1. The van der Waals surface area contributed by atoms with E-state index in [4.69, 9.17) is 0 Å². The van der Waals surface area contributed by atoms with Crippen LogP contribution in [0, 0.1) is 0 Å². The first-order chi connectivity index (χ1) is 11.6. The minimum atomic E-state index is -4.77. The summed E-state index contributed by atoms with van der Waals surface area (Å²) in [6.45, 7) is 0.101. The van der Waals surface area contributed by atoms with E-state index in [-0.39, 0.29) is 11.4 Å². The van der Waals surface area contributed by atoms with Crippen molar-refractivity contribution in [3.8, 4) is 16.9 Å². The minimum absolute atomic E-state index is 0.199. The highest BCUT2D eigenvalue weighted by Gasteiger charge is 2.31. The van der Waals surface area contributed by atoms with E-state index < -0.39 is 18.8 Å². The van der Waals surface area contributed by atoms with Gasteiger partial charge >= 0.3 is 6.36 Å². The highest BCUT2D eigenvalue weighted by Crippen LogP contribution is 2.27. The van der Waals surface area contributed by atoms with Crippen LogP contribution in [-0.4, -0.2) is 32.3 Å². The molecule has 0 spiro atoms. The molecule has 0 unspecified atom stereocenters. The zero-order valence-electron chi connectivity index (χ0n) is 12.8. The van der Waals surface area contributed by atoms with Crippen molar-refractivity contribution in [1.29, 1.82) is 0 Å². The summed E-state index contributed by atoms with van der Waals surface area (Å²) in [5, 5.41) is 7.36. The van der Waals surface area contributed by atoms with Crippen LogP contribution in [0.15, 0.2) is 36.5 Å². The molecule has 3 rings (SSSR count). The highest BCUT2D eigenvalue weighted by molar-refractivity contribution is 5.77. The summed E-state index contributed by atoms with van der Waals surface area (Å²) < 4.78 is 67.8. The number of benzene rings is 1. The summed E-state index contributed by atoms with van der Waals surface area (Å²) in [6.07, 6.45) is -3.34. The maximum Gasteiger partial charge on any atom is 0.573 e. The normalized spacial score (nSPS) is 12.6. The van der Waals surface area contributed by atoms with Crippen molar-refractivity contribution in [3.63, 3.8) is 0 Å². The predicted molar refractivity (Wildman–Crippen MR) is 78.1 cm³/mol. The number of hydrogen-bond donors (Lipinski definition) is 0. The Balaban J connectivity index is 1.92. The number of hydrogen-bond acceptors (Lipinski definition) is 4. The van der Waals surface area contributed by atoms with Gasteiger partial charge in [0, 0.05) is 18.7 Å². The summed E-state index contributed by atoms with van der Waals surface area (Å²) in [7, 11) is 0. The van der Waals surface area contributed by atoms with Crippen molar-refractivity contribution in [2.24, 2.45) is 0 Å². The molecule has 0 saturated heterocycles. The summed E-state index contributed by atoms with van der Waals surface area (Å²) in [4.78, 5) is 4.04. The van der Waals surface area contributed by atoms with Crippen molar-refractivity contribution in [2.75, 3.05) is 0 Å². The smallest absolute Gasteiger partial charge is 0.406 e. The molecule has 0 aliphatic rings. The molecule has 5 nitrogen and oxygen atoms in total. The van der Waals surface area contributed by atoms with Crippen LogP contribution in [0.5, 0.6) is 5.75 Å². The Morgan fingerprint density at radius 1 is 1.04 bits per heavy atom. The third-order valence-electron chi connectivity index (χ3n) is 3.22. The van der Waals surface area contributed by atoms with E-state index >= 15 is 0 Å². The predicted octanol–water partition coefficient (Wildman–Crippen LogP) is 4.05. The maximum atomic E-state index is 13.2. The number of rotatable bonds is 4. The molecule has 0 saturated carbocycles. The third-order valence-corrected chi connectivity index (χ3v) is 3.22. The van der Waals surface area contributed by atoms with Crippen LogP contribution in [0.2, 0.25) is 0 Å². The lowest BCUT2D eigenvalue weighted by Gasteiger charge is -2.11. The van der Waals surface area contributed by atoms with E-state index in [9.17, 15) is 22.0 Å². The van der Waals surface area contributed by atoms with Crippen LogP contribution in [0.1, 0.15) is 6.92 Å². The summed E-state index contributed by atoms with van der Waals surface area (Å²) in [6, 6.07) is 6.68. The molecule has 2 heterocycles. The summed E-state index contributed by atoms with van der Waals surface area (Å²) in [5.74, 6) is -3.34.